The summed E-state index contributed by atoms with van der Waals surface area (Å²) in [6.07, 6.45) is 0. The minimum Gasteiger partial charge on any atom is -0.478 e. The second-order valence-corrected chi connectivity index (χ2v) is 8.65. The Hall–Kier alpha value is -3.51. The van der Waals surface area contributed by atoms with E-state index in [1.54, 1.807) is 24.3 Å². The third-order valence-corrected chi connectivity index (χ3v) is 6.24. The lowest BCUT2D eigenvalue weighted by atomic mass is 10.1. The zero-order valence-corrected chi connectivity index (χ0v) is 19.4. The summed E-state index contributed by atoms with van der Waals surface area (Å²) in [6, 6.07) is 18.2. The Kier molecular flexibility index (Phi) is 6.56. The molecule has 0 aromatic heterocycles. The fourth-order valence-corrected chi connectivity index (χ4v) is 4.36. The Bertz CT molecular complexity index is 1200. The second kappa shape index (κ2) is 9.55. The lowest BCUT2D eigenvalue weighted by Gasteiger charge is -2.38. The van der Waals surface area contributed by atoms with Crippen LogP contribution in [0.2, 0.25) is 5.02 Å². The van der Waals surface area contributed by atoms with Crippen molar-refractivity contribution >= 4 is 40.5 Å². The van der Waals surface area contributed by atoms with E-state index < -0.39 is 5.97 Å². The number of aryl methyl sites for hydroxylation is 2. The summed E-state index contributed by atoms with van der Waals surface area (Å²) < 4.78 is 0. The van der Waals surface area contributed by atoms with Gasteiger partial charge in [0, 0.05) is 48.1 Å². The van der Waals surface area contributed by atoms with E-state index in [-0.39, 0.29) is 11.5 Å². The highest BCUT2D eigenvalue weighted by Crippen LogP contribution is 2.29. The Morgan fingerprint density at radius 2 is 1.48 bits per heavy atom. The van der Waals surface area contributed by atoms with Gasteiger partial charge in [0.25, 0.3) is 5.91 Å². The molecule has 1 fully saturated rings. The number of aromatic carboxylic acids is 1. The molecule has 0 unspecified atom stereocenters. The Morgan fingerprint density at radius 3 is 2.15 bits per heavy atom. The van der Waals surface area contributed by atoms with Crippen LogP contribution in [0.1, 0.15) is 31.8 Å². The van der Waals surface area contributed by atoms with Crippen LogP contribution in [0, 0.1) is 13.8 Å². The lowest BCUT2D eigenvalue weighted by Crippen LogP contribution is -2.47. The van der Waals surface area contributed by atoms with Crippen molar-refractivity contribution in [2.24, 2.45) is 0 Å². The predicted molar refractivity (Wildman–Crippen MR) is 133 cm³/mol. The monoisotopic (exact) mass is 463 g/mol. The van der Waals surface area contributed by atoms with Crippen molar-refractivity contribution in [2.75, 3.05) is 41.3 Å². The van der Waals surface area contributed by atoms with Gasteiger partial charge in [-0.25, -0.2) is 4.79 Å². The van der Waals surface area contributed by atoms with Gasteiger partial charge in [-0.05, 0) is 61.4 Å². The third kappa shape index (κ3) is 4.96. The van der Waals surface area contributed by atoms with Crippen molar-refractivity contribution in [2.45, 2.75) is 13.8 Å². The highest BCUT2D eigenvalue weighted by Gasteiger charge is 2.23. The molecule has 4 rings (SSSR count). The first-order valence-electron chi connectivity index (χ1n) is 10.8. The van der Waals surface area contributed by atoms with Gasteiger partial charge in [-0.3, -0.25) is 4.79 Å². The summed E-state index contributed by atoms with van der Waals surface area (Å²) in [5, 5.41) is 13.4. The van der Waals surface area contributed by atoms with Crippen LogP contribution in [0.5, 0.6) is 0 Å². The zero-order chi connectivity index (χ0) is 23.5. The van der Waals surface area contributed by atoms with E-state index in [0.29, 0.717) is 35.1 Å². The maximum atomic E-state index is 12.6. The number of carboxylic acid groups (broad SMARTS) is 1. The number of amides is 1. The molecule has 33 heavy (non-hydrogen) atoms. The van der Waals surface area contributed by atoms with Crippen molar-refractivity contribution < 1.29 is 14.7 Å². The van der Waals surface area contributed by atoms with Crippen molar-refractivity contribution in [3.8, 4) is 0 Å². The Labute approximate surface area is 198 Å². The van der Waals surface area contributed by atoms with Crippen LogP contribution < -0.4 is 15.1 Å². The molecular formula is C26H26ClN3O3. The largest absolute Gasteiger partial charge is 0.478 e. The number of anilines is 3. The number of carboxylic acids is 1. The molecule has 0 spiro atoms. The van der Waals surface area contributed by atoms with Crippen LogP contribution in [0.25, 0.3) is 0 Å². The molecule has 3 aromatic rings. The number of nitrogens with one attached hydrogen (secondary N) is 1. The maximum absolute atomic E-state index is 12.6. The van der Waals surface area contributed by atoms with Crippen LogP contribution in [-0.2, 0) is 0 Å². The molecule has 1 heterocycles. The van der Waals surface area contributed by atoms with Crippen LogP contribution in [-0.4, -0.2) is 43.2 Å². The smallest absolute Gasteiger partial charge is 0.337 e. The summed E-state index contributed by atoms with van der Waals surface area (Å²) in [5.41, 5.74) is 4.97. The van der Waals surface area contributed by atoms with Crippen LogP contribution in [0.15, 0.2) is 60.7 Å². The van der Waals surface area contributed by atoms with E-state index in [9.17, 15) is 14.7 Å². The number of benzene rings is 3. The molecule has 2 N–H and O–H groups in total. The molecule has 7 heteroatoms. The van der Waals surface area contributed by atoms with E-state index in [2.05, 4.69) is 22.0 Å². The van der Waals surface area contributed by atoms with E-state index in [1.807, 2.05) is 37.3 Å². The topological polar surface area (TPSA) is 72.9 Å². The molecule has 1 amide bonds. The fraction of sp³-hybridized carbons (Fsp3) is 0.231. The Balaban J connectivity index is 1.51. The summed E-state index contributed by atoms with van der Waals surface area (Å²) in [5.74, 6) is -1.28. The SMILES string of the molecule is Cc1ccccc1C(=O)Nc1ccc(N2CCN(c3cc(Cl)ccc3C)CC2)c(C(=O)O)c1. The molecule has 6 nitrogen and oxygen atoms in total. The first-order valence-corrected chi connectivity index (χ1v) is 11.2. The van der Waals surface area contributed by atoms with Crippen LogP contribution >= 0.6 is 11.6 Å². The van der Waals surface area contributed by atoms with Crippen LogP contribution in [0.4, 0.5) is 17.1 Å². The number of piperazine rings is 1. The number of halogens is 1. The normalized spacial score (nSPS) is 13.7. The average Bonchev–Trinajstić information content (AvgIpc) is 2.81. The first kappa shape index (κ1) is 22.7. The fourth-order valence-electron chi connectivity index (χ4n) is 4.20. The summed E-state index contributed by atoms with van der Waals surface area (Å²) in [7, 11) is 0. The third-order valence-electron chi connectivity index (χ3n) is 6.01. The minimum absolute atomic E-state index is 0.171. The van der Waals surface area contributed by atoms with Gasteiger partial charge in [-0.2, -0.15) is 0 Å². The second-order valence-electron chi connectivity index (χ2n) is 8.21. The molecule has 0 atom stereocenters. The molecular weight excluding hydrogens is 438 g/mol. The van der Waals surface area contributed by atoms with Crippen molar-refractivity contribution in [1.29, 1.82) is 0 Å². The van der Waals surface area contributed by atoms with E-state index in [0.717, 1.165) is 29.9 Å². The molecule has 0 saturated carbocycles. The van der Waals surface area contributed by atoms with Crippen molar-refractivity contribution in [3.05, 3.63) is 87.9 Å². The molecule has 1 aliphatic heterocycles. The standard InChI is InChI=1S/C26H26ClN3O3/c1-17-5-3-4-6-21(17)25(31)28-20-9-10-23(22(16-20)26(32)33)29-11-13-30(14-12-29)24-15-19(27)8-7-18(24)2/h3-10,15-16H,11-14H2,1-2H3,(H,28,31)(H,32,33). The highest BCUT2D eigenvalue weighted by atomic mass is 35.5. The van der Waals surface area contributed by atoms with Gasteiger partial charge in [0.05, 0.1) is 11.3 Å². The summed E-state index contributed by atoms with van der Waals surface area (Å²) in [4.78, 5) is 29.0. The number of rotatable bonds is 5. The quantitative estimate of drug-likeness (QED) is 0.541. The van der Waals surface area contributed by atoms with E-state index in [4.69, 9.17) is 11.6 Å². The minimum atomic E-state index is -1.02. The van der Waals surface area contributed by atoms with Crippen LogP contribution in [0.3, 0.4) is 0 Å². The van der Waals surface area contributed by atoms with Gasteiger partial charge in [-0.1, -0.05) is 35.9 Å². The van der Waals surface area contributed by atoms with Gasteiger partial charge in [-0.15, -0.1) is 0 Å². The highest BCUT2D eigenvalue weighted by molar-refractivity contribution is 6.30. The summed E-state index contributed by atoms with van der Waals surface area (Å²) >= 11 is 6.18. The average molecular weight is 464 g/mol. The van der Waals surface area contributed by atoms with Gasteiger partial charge in [0.2, 0.25) is 0 Å². The number of nitrogens with zero attached hydrogens (tertiary/aromatic N) is 2. The maximum Gasteiger partial charge on any atom is 0.337 e. The predicted octanol–water partition coefficient (Wildman–Crippen LogP) is 5.23. The molecule has 170 valence electrons. The number of hydrogen-bond donors (Lipinski definition) is 2. The Morgan fingerprint density at radius 1 is 0.818 bits per heavy atom. The number of hydrogen-bond acceptors (Lipinski definition) is 4. The molecule has 3 aromatic carbocycles. The molecule has 0 radical (unpaired) electrons. The molecule has 0 aliphatic carbocycles. The number of carbonyl (C=O) groups excluding carboxylic acids is 1. The molecule has 1 saturated heterocycles. The molecule has 1 aliphatic rings. The van der Waals surface area contributed by atoms with Gasteiger partial charge in [0.1, 0.15) is 0 Å². The first-order chi connectivity index (χ1) is 15.8. The van der Waals surface area contributed by atoms with E-state index in [1.165, 1.54) is 6.07 Å². The zero-order valence-electron chi connectivity index (χ0n) is 18.6. The van der Waals surface area contributed by atoms with Gasteiger partial charge in [0.15, 0.2) is 0 Å². The van der Waals surface area contributed by atoms with Crippen molar-refractivity contribution in [1.82, 2.24) is 0 Å². The van der Waals surface area contributed by atoms with E-state index >= 15 is 0 Å². The van der Waals surface area contributed by atoms with Gasteiger partial charge < -0.3 is 20.2 Å². The summed E-state index contributed by atoms with van der Waals surface area (Å²) in [6.45, 7) is 6.80. The molecule has 0 bridgehead atoms. The van der Waals surface area contributed by atoms with Gasteiger partial charge >= 0.3 is 5.97 Å². The number of carbonyl (C=O) groups is 2. The van der Waals surface area contributed by atoms with Crippen molar-refractivity contribution in [3.63, 3.8) is 0 Å². The lowest BCUT2D eigenvalue weighted by molar-refractivity contribution is 0.0697.